The number of rotatable bonds is 1. The number of carbonyl (C=O) groups excluding carboxylic acids is 1. The second-order valence-corrected chi connectivity index (χ2v) is 5.58. The summed E-state index contributed by atoms with van der Waals surface area (Å²) in [5.74, 6) is 0.0174. The van der Waals surface area contributed by atoms with Crippen LogP contribution in [0.5, 0.6) is 0 Å². The summed E-state index contributed by atoms with van der Waals surface area (Å²) in [6.45, 7) is 4.37. The average Bonchev–Trinajstić information content (AvgIpc) is 2.44. The molecule has 96 valence electrons. The summed E-state index contributed by atoms with van der Waals surface area (Å²) < 4.78 is 0. The smallest absolute Gasteiger partial charge is 0.252 e. The van der Waals surface area contributed by atoms with Crippen LogP contribution in [0.4, 0.5) is 0 Å². The maximum absolute atomic E-state index is 12.2. The number of fused-ring (bicyclic) bond motifs is 1. The molecule has 0 bridgehead atoms. The van der Waals surface area contributed by atoms with E-state index in [1.54, 1.807) is 0 Å². The van der Waals surface area contributed by atoms with Crippen molar-refractivity contribution in [2.75, 3.05) is 0 Å². The third-order valence-corrected chi connectivity index (χ3v) is 4.00. The Morgan fingerprint density at radius 1 is 0.947 bits per heavy atom. The molecule has 1 N–H and O–H groups in total. The van der Waals surface area contributed by atoms with E-state index in [0.717, 1.165) is 16.7 Å². The summed E-state index contributed by atoms with van der Waals surface area (Å²) in [4.78, 5) is 12.2. The van der Waals surface area contributed by atoms with Crippen molar-refractivity contribution in [2.45, 2.75) is 25.3 Å². The maximum atomic E-state index is 12.2. The maximum Gasteiger partial charge on any atom is 0.252 e. The minimum Gasteiger partial charge on any atom is -0.344 e. The molecule has 1 aliphatic rings. The van der Waals surface area contributed by atoms with Gasteiger partial charge in [0.15, 0.2) is 0 Å². The molecule has 1 unspecified atom stereocenters. The molecule has 1 amide bonds. The van der Waals surface area contributed by atoms with Crippen molar-refractivity contribution in [1.82, 2.24) is 5.32 Å². The SMILES string of the molecule is CC1(C)c2ccccc2C(=O)NC1c1ccccc1. The molecule has 0 radical (unpaired) electrons. The van der Waals surface area contributed by atoms with Crippen molar-refractivity contribution >= 4 is 5.91 Å². The molecule has 0 saturated carbocycles. The number of hydrogen-bond donors (Lipinski definition) is 1. The number of amides is 1. The molecule has 0 aromatic heterocycles. The first-order chi connectivity index (χ1) is 9.10. The van der Waals surface area contributed by atoms with Gasteiger partial charge in [0.2, 0.25) is 0 Å². The van der Waals surface area contributed by atoms with Crippen LogP contribution >= 0.6 is 0 Å². The Morgan fingerprint density at radius 3 is 2.32 bits per heavy atom. The van der Waals surface area contributed by atoms with Crippen LogP contribution in [0.1, 0.15) is 41.4 Å². The molecule has 19 heavy (non-hydrogen) atoms. The van der Waals surface area contributed by atoms with Crippen LogP contribution in [0.2, 0.25) is 0 Å². The molecule has 1 atom stereocenters. The Labute approximate surface area is 113 Å². The first-order valence-electron chi connectivity index (χ1n) is 6.56. The zero-order chi connectivity index (χ0) is 13.5. The van der Waals surface area contributed by atoms with Gasteiger partial charge in [-0.25, -0.2) is 0 Å². The molecule has 2 aromatic rings. The van der Waals surface area contributed by atoms with Crippen LogP contribution in [0.25, 0.3) is 0 Å². The molecule has 0 saturated heterocycles. The van der Waals surface area contributed by atoms with Gasteiger partial charge in [-0.3, -0.25) is 4.79 Å². The van der Waals surface area contributed by atoms with Crippen molar-refractivity contribution in [3.63, 3.8) is 0 Å². The van der Waals surface area contributed by atoms with Gasteiger partial charge in [-0.05, 0) is 17.2 Å². The van der Waals surface area contributed by atoms with Crippen molar-refractivity contribution < 1.29 is 4.79 Å². The number of benzene rings is 2. The Hall–Kier alpha value is -2.09. The fourth-order valence-electron chi connectivity index (χ4n) is 2.93. The summed E-state index contributed by atoms with van der Waals surface area (Å²) in [6.07, 6.45) is 0. The quantitative estimate of drug-likeness (QED) is 0.826. The molecule has 1 heterocycles. The van der Waals surface area contributed by atoms with Crippen LogP contribution in [-0.4, -0.2) is 5.91 Å². The van der Waals surface area contributed by atoms with Gasteiger partial charge in [0.05, 0.1) is 6.04 Å². The summed E-state index contributed by atoms with van der Waals surface area (Å²) >= 11 is 0. The van der Waals surface area contributed by atoms with E-state index in [9.17, 15) is 4.79 Å². The first-order valence-corrected chi connectivity index (χ1v) is 6.56. The second kappa shape index (κ2) is 4.23. The van der Waals surface area contributed by atoms with Crippen LogP contribution in [0.15, 0.2) is 54.6 Å². The van der Waals surface area contributed by atoms with Crippen LogP contribution in [0, 0.1) is 0 Å². The summed E-state index contributed by atoms with van der Waals surface area (Å²) in [7, 11) is 0. The minimum atomic E-state index is -0.119. The predicted octanol–water partition coefficient (Wildman–Crippen LogP) is 3.45. The van der Waals surface area contributed by atoms with Crippen LogP contribution in [0.3, 0.4) is 0 Å². The molecule has 0 aliphatic carbocycles. The number of hydrogen-bond acceptors (Lipinski definition) is 1. The zero-order valence-electron chi connectivity index (χ0n) is 11.2. The molecular weight excluding hydrogens is 234 g/mol. The van der Waals surface area contributed by atoms with E-state index >= 15 is 0 Å². The van der Waals surface area contributed by atoms with E-state index in [0.29, 0.717) is 0 Å². The first kappa shape index (κ1) is 12.0. The topological polar surface area (TPSA) is 29.1 Å². The lowest BCUT2D eigenvalue weighted by Crippen LogP contribution is -2.46. The third kappa shape index (κ3) is 1.84. The van der Waals surface area contributed by atoms with E-state index < -0.39 is 0 Å². The molecule has 0 fully saturated rings. The average molecular weight is 251 g/mol. The van der Waals surface area contributed by atoms with Crippen molar-refractivity contribution in [3.05, 3.63) is 71.3 Å². The van der Waals surface area contributed by atoms with Gasteiger partial charge < -0.3 is 5.32 Å². The Bertz CT molecular complexity index is 616. The minimum absolute atomic E-state index is 0.0103. The van der Waals surface area contributed by atoms with E-state index in [-0.39, 0.29) is 17.4 Å². The number of nitrogens with one attached hydrogen (secondary N) is 1. The molecule has 2 aromatic carbocycles. The third-order valence-electron chi connectivity index (χ3n) is 4.00. The normalized spacial score (nSPS) is 20.5. The standard InChI is InChI=1S/C17H17NO/c1-17(2)14-11-7-6-10-13(14)16(19)18-15(17)12-8-4-3-5-9-12/h3-11,15H,1-2H3,(H,18,19). The van der Waals surface area contributed by atoms with E-state index in [4.69, 9.17) is 0 Å². The fourth-order valence-corrected chi connectivity index (χ4v) is 2.93. The Morgan fingerprint density at radius 2 is 1.58 bits per heavy atom. The molecule has 2 heteroatoms. The lowest BCUT2D eigenvalue weighted by atomic mass is 9.71. The van der Waals surface area contributed by atoms with Crippen LogP contribution in [-0.2, 0) is 5.41 Å². The Kier molecular flexibility index (Phi) is 2.67. The van der Waals surface area contributed by atoms with Crippen molar-refractivity contribution in [2.24, 2.45) is 0 Å². The summed E-state index contributed by atoms with van der Waals surface area (Å²) in [5.41, 5.74) is 2.94. The van der Waals surface area contributed by atoms with Gasteiger partial charge >= 0.3 is 0 Å². The number of carbonyl (C=O) groups is 1. The molecule has 1 aliphatic heterocycles. The highest BCUT2D eigenvalue weighted by atomic mass is 16.1. The zero-order valence-corrected chi connectivity index (χ0v) is 11.2. The van der Waals surface area contributed by atoms with Crippen LogP contribution < -0.4 is 5.32 Å². The highest BCUT2D eigenvalue weighted by Crippen LogP contribution is 2.41. The van der Waals surface area contributed by atoms with Crippen molar-refractivity contribution in [3.8, 4) is 0 Å². The van der Waals surface area contributed by atoms with Gasteiger partial charge in [0.25, 0.3) is 5.91 Å². The lowest BCUT2D eigenvalue weighted by molar-refractivity contribution is 0.0893. The fraction of sp³-hybridized carbons (Fsp3) is 0.235. The summed E-state index contributed by atoms with van der Waals surface area (Å²) in [5, 5.41) is 3.14. The molecular formula is C17H17NO. The van der Waals surface area contributed by atoms with E-state index in [1.165, 1.54) is 0 Å². The summed E-state index contributed by atoms with van der Waals surface area (Å²) in [6, 6.07) is 18.0. The van der Waals surface area contributed by atoms with E-state index in [2.05, 4.69) is 37.4 Å². The van der Waals surface area contributed by atoms with Gasteiger partial charge in [-0.15, -0.1) is 0 Å². The highest BCUT2D eigenvalue weighted by molar-refractivity contribution is 5.97. The largest absolute Gasteiger partial charge is 0.344 e. The van der Waals surface area contributed by atoms with Crippen molar-refractivity contribution in [1.29, 1.82) is 0 Å². The van der Waals surface area contributed by atoms with Gasteiger partial charge in [0.1, 0.15) is 0 Å². The predicted molar refractivity (Wildman–Crippen MR) is 76.1 cm³/mol. The second-order valence-electron chi connectivity index (χ2n) is 5.58. The molecule has 2 nitrogen and oxygen atoms in total. The van der Waals surface area contributed by atoms with E-state index in [1.807, 2.05) is 36.4 Å². The molecule has 3 rings (SSSR count). The monoisotopic (exact) mass is 251 g/mol. The van der Waals surface area contributed by atoms with Gasteiger partial charge in [0, 0.05) is 11.0 Å². The van der Waals surface area contributed by atoms with Gasteiger partial charge in [-0.2, -0.15) is 0 Å². The lowest BCUT2D eigenvalue weighted by Gasteiger charge is -2.40. The molecule has 0 spiro atoms. The highest BCUT2D eigenvalue weighted by Gasteiger charge is 2.40. The Balaban J connectivity index is 2.14. The van der Waals surface area contributed by atoms with Gasteiger partial charge in [-0.1, -0.05) is 62.4 Å².